The summed E-state index contributed by atoms with van der Waals surface area (Å²) >= 11 is 5.90. The first-order valence-corrected chi connectivity index (χ1v) is 26.8. The second kappa shape index (κ2) is 17.6. The Hall–Kier alpha value is -5.92. The molecule has 4 aromatic heterocycles. The largest absolute Gasteiger partial charge is 0.361 e. The molecule has 2 amide bonds. The summed E-state index contributed by atoms with van der Waals surface area (Å²) in [5, 5.41) is 11.1. The van der Waals surface area contributed by atoms with E-state index in [9.17, 15) is 30.8 Å². The highest BCUT2D eigenvalue weighted by Crippen LogP contribution is 2.43. The number of benzene rings is 3. The molecule has 4 atom stereocenters. The van der Waals surface area contributed by atoms with Crippen LogP contribution in [0.3, 0.4) is 0 Å². The maximum atomic E-state index is 14.4. The summed E-state index contributed by atoms with van der Waals surface area (Å²) in [7, 11) is -6.31. The third kappa shape index (κ3) is 8.50. The average molecular weight is 986 g/mol. The smallest absolute Gasteiger partial charge is 0.227 e. The van der Waals surface area contributed by atoms with Gasteiger partial charge in [0.2, 0.25) is 11.8 Å². The maximum absolute atomic E-state index is 14.4. The molecule has 20 heteroatoms. The predicted octanol–water partition coefficient (Wildman–Crippen LogP) is 8.73. The lowest BCUT2D eigenvalue weighted by atomic mass is 10.0. The van der Waals surface area contributed by atoms with Crippen molar-refractivity contribution in [3.8, 4) is 22.3 Å². The molecule has 8 heterocycles. The minimum absolute atomic E-state index is 0.00582. The van der Waals surface area contributed by atoms with Gasteiger partial charge in [-0.3, -0.25) is 9.59 Å². The second-order valence-corrected chi connectivity index (χ2v) is 23.2. The molecule has 356 valence electrons. The van der Waals surface area contributed by atoms with Gasteiger partial charge >= 0.3 is 0 Å². The number of aryl methyl sites for hydroxylation is 4. The Bertz CT molecular complexity index is 3360. The molecule has 0 saturated carbocycles. The van der Waals surface area contributed by atoms with Gasteiger partial charge in [0.05, 0.1) is 73.6 Å². The zero-order valence-electron chi connectivity index (χ0n) is 38.0. The van der Waals surface area contributed by atoms with Crippen LogP contribution in [-0.4, -0.2) is 81.1 Å². The van der Waals surface area contributed by atoms with E-state index in [2.05, 4.69) is 20.2 Å². The van der Waals surface area contributed by atoms with Crippen molar-refractivity contribution >= 4 is 70.8 Å². The van der Waals surface area contributed by atoms with Crippen molar-refractivity contribution in [1.29, 1.82) is 0 Å². The first-order chi connectivity index (χ1) is 32.4. The third-order valence-electron chi connectivity index (χ3n) is 13.7. The van der Waals surface area contributed by atoms with E-state index < -0.39 is 31.5 Å². The van der Waals surface area contributed by atoms with Gasteiger partial charge in [-0.2, -0.15) is 0 Å². The maximum Gasteiger partial charge on any atom is 0.227 e. The molecule has 68 heavy (non-hydrogen) atoms. The minimum Gasteiger partial charge on any atom is -0.361 e. The summed E-state index contributed by atoms with van der Waals surface area (Å²) in [6, 6.07) is 15.0. The van der Waals surface area contributed by atoms with E-state index >= 15 is 0 Å². The van der Waals surface area contributed by atoms with Gasteiger partial charge in [-0.15, -0.1) is 0 Å². The van der Waals surface area contributed by atoms with Crippen molar-refractivity contribution in [2.45, 2.75) is 103 Å². The number of amides is 2. The number of nitrogens with zero attached hydrogens (tertiary/aromatic N) is 7. The topological polar surface area (TPSA) is 205 Å². The van der Waals surface area contributed by atoms with Crippen molar-refractivity contribution in [2.75, 3.05) is 27.9 Å². The fraction of sp³-hybridized carbons (Fsp3) is 0.417. The van der Waals surface area contributed by atoms with Crippen LogP contribution in [0.25, 0.3) is 44.3 Å². The van der Waals surface area contributed by atoms with Crippen LogP contribution in [0.2, 0.25) is 5.02 Å². The van der Waals surface area contributed by atoms with E-state index in [-0.39, 0.29) is 64.4 Å². The summed E-state index contributed by atoms with van der Waals surface area (Å²) < 4.78 is 79.1. The number of hydrogen-bond acceptors (Lipinski definition) is 12. The van der Waals surface area contributed by atoms with Crippen molar-refractivity contribution in [3.05, 3.63) is 100.0 Å². The molecule has 4 saturated heterocycles. The number of carbonyl (C=O) groups is 2. The normalized spacial score (nSPS) is 22.5. The van der Waals surface area contributed by atoms with Gasteiger partial charge in [-0.25, -0.2) is 31.2 Å². The highest BCUT2D eigenvalue weighted by Gasteiger charge is 2.40. The van der Waals surface area contributed by atoms with Crippen LogP contribution < -0.4 is 10.2 Å². The van der Waals surface area contributed by atoms with Crippen LogP contribution in [-0.2, 0) is 29.3 Å². The van der Waals surface area contributed by atoms with Crippen LogP contribution in [0, 0.1) is 33.5 Å². The molecule has 0 aliphatic carbocycles. The molecular formula is C48H50ClFN8O8S2. The number of anilines is 1. The van der Waals surface area contributed by atoms with Gasteiger partial charge in [-0.05, 0) is 120 Å². The number of halogens is 2. The molecule has 0 bridgehead atoms. The second-order valence-electron chi connectivity index (χ2n) is 18.4. The third-order valence-corrected chi connectivity index (χ3v) is 17.6. The molecule has 4 aliphatic rings. The Kier molecular flexibility index (Phi) is 11.8. The number of nitrogens with one attached hydrogen (secondary N) is 1. The van der Waals surface area contributed by atoms with Crippen LogP contribution in [0.5, 0.6) is 0 Å². The molecule has 16 nitrogen and oxygen atoms in total. The Labute approximate surface area is 397 Å². The fourth-order valence-electron chi connectivity index (χ4n) is 10.7. The first-order valence-electron chi connectivity index (χ1n) is 22.8. The van der Waals surface area contributed by atoms with E-state index in [1.165, 1.54) is 12.1 Å². The number of fused-ring (bicyclic) bond motifs is 2. The molecule has 0 spiro atoms. The molecule has 4 fully saturated rings. The Balaban J connectivity index is 0.000000163. The van der Waals surface area contributed by atoms with Gasteiger partial charge < -0.3 is 28.4 Å². The SMILES string of the molecule is Cc1noc(C)c1-c1ccc2c(c1)nc([C@@H]1CCC(=O)N1)n2C1CCCS(=O)(=O)C1.Cc1noc(C)c1-c1ccc2c(c1)nc([C@@H]1CCC(=O)N1c1ccc(Cl)c(F)c1)n2C1CCCS(=O)(=O)C1. The van der Waals surface area contributed by atoms with Crippen molar-refractivity contribution in [1.82, 2.24) is 34.7 Å². The zero-order valence-corrected chi connectivity index (χ0v) is 40.3. The summed E-state index contributed by atoms with van der Waals surface area (Å²) in [4.78, 5) is 36.4. The van der Waals surface area contributed by atoms with E-state index in [0.29, 0.717) is 61.3 Å². The molecule has 1 N–H and O–H groups in total. The van der Waals surface area contributed by atoms with Crippen LogP contribution >= 0.6 is 11.6 Å². The van der Waals surface area contributed by atoms with Crippen LogP contribution in [0.15, 0.2) is 63.6 Å². The number of sulfone groups is 2. The lowest BCUT2D eigenvalue weighted by Gasteiger charge is -2.30. The van der Waals surface area contributed by atoms with Crippen LogP contribution in [0.4, 0.5) is 10.1 Å². The van der Waals surface area contributed by atoms with Crippen LogP contribution in [0.1, 0.15) is 110 Å². The van der Waals surface area contributed by atoms with E-state index in [0.717, 1.165) is 68.2 Å². The molecule has 11 rings (SSSR count). The Morgan fingerprint density at radius 2 is 1.24 bits per heavy atom. The van der Waals surface area contributed by atoms with Crippen molar-refractivity contribution < 1.29 is 39.9 Å². The number of rotatable bonds is 7. The van der Waals surface area contributed by atoms with E-state index in [1.54, 1.807) is 11.0 Å². The lowest BCUT2D eigenvalue weighted by Crippen LogP contribution is -2.33. The monoisotopic (exact) mass is 984 g/mol. The Morgan fingerprint density at radius 1 is 0.691 bits per heavy atom. The summed E-state index contributed by atoms with van der Waals surface area (Å²) in [5.41, 5.74) is 8.80. The van der Waals surface area contributed by atoms with Crippen molar-refractivity contribution in [3.63, 3.8) is 0 Å². The van der Waals surface area contributed by atoms with Gasteiger partial charge in [0, 0.05) is 41.7 Å². The standard InChI is InChI=1S/C27H26ClFN4O4S.C21H24N4O4S/c1-15-26(16(2)37-31-15)17-5-8-23-22(12-17)30-27(33(23)19-4-3-11-38(35,36)14-19)24-9-10-25(34)32(24)18-6-7-20(28)21(29)13-18;1-12-20(13(2)29-24-12)14-5-7-18-17(10-14)23-21(16-6-8-19(26)22-16)25(18)15-4-3-9-30(27,28)11-15/h5-8,12-13,19,24H,3-4,9-11,14H2,1-2H3;5,7,10,15-16H,3-4,6,8-9,11H2,1-2H3,(H,22,26)/t19?,24-;15?,16-/m00/s1. The molecular weight excluding hydrogens is 935 g/mol. The number of carbonyl (C=O) groups excluding carboxylic acids is 2. The van der Waals surface area contributed by atoms with Gasteiger partial charge in [0.15, 0.2) is 19.7 Å². The summed E-state index contributed by atoms with van der Waals surface area (Å²) in [6.07, 6.45) is 4.52. The van der Waals surface area contributed by atoms with Gasteiger partial charge in [0.1, 0.15) is 29.0 Å². The molecule has 2 unspecified atom stereocenters. The lowest BCUT2D eigenvalue weighted by molar-refractivity contribution is -0.119. The predicted molar refractivity (Wildman–Crippen MR) is 254 cm³/mol. The number of aromatic nitrogens is 6. The molecule has 7 aromatic rings. The first kappa shape index (κ1) is 45.8. The van der Waals surface area contributed by atoms with Crippen molar-refractivity contribution in [2.24, 2.45) is 0 Å². The molecule has 3 aromatic carbocycles. The quantitative estimate of drug-likeness (QED) is 0.159. The number of hydrogen-bond donors (Lipinski definition) is 1. The molecule has 0 radical (unpaired) electrons. The number of imidazole rings is 2. The zero-order chi connectivity index (χ0) is 47.8. The van der Waals surface area contributed by atoms with E-state index in [4.69, 9.17) is 30.6 Å². The fourth-order valence-corrected chi connectivity index (χ4v) is 14.2. The van der Waals surface area contributed by atoms with Gasteiger partial charge in [0.25, 0.3) is 0 Å². The Morgan fingerprint density at radius 3 is 1.72 bits per heavy atom. The highest BCUT2D eigenvalue weighted by atomic mass is 35.5. The minimum atomic E-state index is -3.22. The van der Waals surface area contributed by atoms with Gasteiger partial charge in [-0.1, -0.05) is 34.0 Å². The molecule has 4 aliphatic heterocycles. The summed E-state index contributed by atoms with van der Waals surface area (Å²) in [5.74, 6) is 2.54. The van der Waals surface area contributed by atoms with E-state index in [1.807, 2.05) is 68.7 Å². The average Bonchev–Trinajstić information content (AvgIpc) is 4.16. The highest BCUT2D eigenvalue weighted by molar-refractivity contribution is 7.91. The summed E-state index contributed by atoms with van der Waals surface area (Å²) in [6.45, 7) is 7.51.